The lowest BCUT2D eigenvalue weighted by molar-refractivity contribution is 0.0687. The summed E-state index contributed by atoms with van der Waals surface area (Å²) in [6.45, 7) is 4.44. The van der Waals surface area contributed by atoms with Crippen molar-refractivity contribution in [1.82, 2.24) is 0 Å². The minimum atomic E-state index is -1.05. The molecule has 0 fully saturated rings. The van der Waals surface area contributed by atoms with Gasteiger partial charge < -0.3 is 19.7 Å². The predicted molar refractivity (Wildman–Crippen MR) is 184 cm³/mol. The summed E-state index contributed by atoms with van der Waals surface area (Å²) in [5, 5.41) is 24.0. The summed E-state index contributed by atoms with van der Waals surface area (Å²) in [6, 6.07) is 28.4. The molecular formula is C38H28Cl2O6. The molecule has 0 aromatic heterocycles. The number of hydrogen-bond acceptors (Lipinski definition) is 4. The molecule has 0 atom stereocenters. The highest BCUT2D eigenvalue weighted by Gasteiger charge is 2.26. The van der Waals surface area contributed by atoms with Crippen molar-refractivity contribution in [3.63, 3.8) is 0 Å². The molecule has 0 saturated heterocycles. The molecule has 0 aliphatic heterocycles. The van der Waals surface area contributed by atoms with Crippen molar-refractivity contribution in [3.05, 3.63) is 118 Å². The Balaban J connectivity index is 1.79. The summed E-state index contributed by atoms with van der Waals surface area (Å²) < 4.78 is 12.6. The molecule has 0 spiro atoms. The van der Waals surface area contributed by atoms with E-state index in [4.69, 9.17) is 32.7 Å². The minimum absolute atomic E-state index is 0.149. The zero-order valence-electron chi connectivity index (χ0n) is 24.9. The highest BCUT2D eigenvalue weighted by Crippen LogP contribution is 2.51. The van der Waals surface area contributed by atoms with E-state index in [-0.39, 0.29) is 11.1 Å². The molecule has 230 valence electrons. The summed E-state index contributed by atoms with van der Waals surface area (Å²) in [6.07, 6.45) is 0. The lowest BCUT2D eigenvalue weighted by atomic mass is 9.85. The van der Waals surface area contributed by atoms with Gasteiger partial charge in [-0.15, -0.1) is 0 Å². The van der Waals surface area contributed by atoms with Gasteiger partial charge in [0.2, 0.25) is 0 Å². The van der Waals surface area contributed by atoms with Crippen LogP contribution in [-0.2, 0) is 0 Å². The smallest absolute Gasteiger partial charge is 0.336 e. The Morgan fingerprint density at radius 3 is 1.30 bits per heavy atom. The van der Waals surface area contributed by atoms with Gasteiger partial charge >= 0.3 is 11.9 Å². The monoisotopic (exact) mass is 650 g/mol. The zero-order chi connectivity index (χ0) is 32.5. The third-order valence-corrected chi connectivity index (χ3v) is 8.34. The molecule has 0 bridgehead atoms. The van der Waals surface area contributed by atoms with Gasteiger partial charge in [0, 0.05) is 21.2 Å². The normalized spacial score (nSPS) is 11.1. The van der Waals surface area contributed by atoms with Crippen molar-refractivity contribution in [2.45, 2.75) is 13.8 Å². The average Bonchev–Trinajstić information content (AvgIpc) is 3.04. The fourth-order valence-electron chi connectivity index (χ4n) is 6.05. The second kappa shape index (κ2) is 12.8. The maximum Gasteiger partial charge on any atom is 0.336 e. The van der Waals surface area contributed by atoms with Gasteiger partial charge in [-0.25, -0.2) is 9.59 Å². The largest absolute Gasteiger partial charge is 0.493 e. The van der Waals surface area contributed by atoms with E-state index in [1.807, 2.05) is 50.2 Å². The van der Waals surface area contributed by atoms with Gasteiger partial charge in [0.1, 0.15) is 11.5 Å². The second-order valence-corrected chi connectivity index (χ2v) is 11.4. The van der Waals surface area contributed by atoms with Crippen molar-refractivity contribution in [3.8, 4) is 44.9 Å². The summed E-state index contributed by atoms with van der Waals surface area (Å²) in [4.78, 5) is 24.6. The van der Waals surface area contributed by atoms with Crippen LogP contribution in [0.5, 0.6) is 11.5 Å². The van der Waals surface area contributed by atoms with Crippen LogP contribution in [0.25, 0.3) is 54.9 Å². The van der Waals surface area contributed by atoms with E-state index in [2.05, 4.69) is 0 Å². The third kappa shape index (κ3) is 5.51. The molecule has 0 amide bonds. The molecule has 6 aromatic rings. The quantitative estimate of drug-likeness (QED) is 0.162. The molecule has 2 N–H and O–H groups in total. The van der Waals surface area contributed by atoms with E-state index in [0.29, 0.717) is 57.0 Å². The second-order valence-electron chi connectivity index (χ2n) is 10.5. The molecule has 0 saturated carbocycles. The van der Waals surface area contributed by atoms with E-state index >= 15 is 0 Å². The first kappa shape index (κ1) is 31.0. The Kier molecular flexibility index (Phi) is 8.59. The summed E-state index contributed by atoms with van der Waals surface area (Å²) in [5.74, 6) is -1.06. The molecule has 0 aliphatic rings. The van der Waals surface area contributed by atoms with E-state index in [1.165, 1.54) is 0 Å². The van der Waals surface area contributed by atoms with Gasteiger partial charge in [0.05, 0.1) is 24.3 Å². The van der Waals surface area contributed by atoms with Gasteiger partial charge in [-0.05, 0) is 106 Å². The zero-order valence-corrected chi connectivity index (χ0v) is 26.4. The number of aromatic carboxylic acids is 2. The Hall–Kier alpha value is -5.04. The van der Waals surface area contributed by atoms with Crippen molar-refractivity contribution in [2.75, 3.05) is 13.2 Å². The summed E-state index contributed by atoms with van der Waals surface area (Å²) in [7, 11) is 0. The SMILES string of the molecule is CCOc1cc(-c2ccccc2C(=O)O)c2cc(Cl)ccc2c1-c1c(OCC)cc(-c2ccccc2C(=O)O)c2cc(Cl)ccc12. The number of rotatable bonds is 9. The van der Waals surface area contributed by atoms with E-state index in [9.17, 15) is 19.8 Å². The molecule has 6 rings (SSSR count). The number of halogens is 2. The van der Waals surface area contributed by atoms with Crippen LogP contribution in [0.2, 0.25) is 10.0 Å². The molecule has 0 aliphatic carbocycles. The highest BCUT2D eigenvalue weighted by atomic mass is 35.5. The van der Waals surface area contributed by atoms with Crippen LogP contribution in [0.1, 0.15) is 34.6 Å². The molecule has 0 unspecified atom stereocenters. The number of hydrogen-bond donors (Lipinski definition) is 2. The molecule has 0 heterocycles. The third-order valence-electron chi connectivity index (χ3n) is 7.87. The first-order valence-corrected chi connectivity index (χ1v) is 15.4. The number of carbonyl (C=O) groups is 2. The summed E-state index contributed by atoms with van der Waals surface area (Å²) in [5.41, 5.74) is 4.10. The van der Waals surface area contributed by atoms with Gasteiger partial charge in [0.25, 0.3) is 0 Å². The Morgan fingerprint density at radius 1 is 0.543 bits per heavy atom. The van der Waals surface area contributed by atoms with E-state index in [0.717, 1.165) is 32.7 Å². The first-order chi connectivity index (χ1) is 22.2. The van der Waals surface area contributed by atoms with Gasteiger partial charge in [-0.1, -0.05) is 71.7 Å². The minimum Gasteiger partial charge on any atom is -0.493 e. The number of benzene rings is 6. The van der Waals surface area contributed by atoms with Crippen LogP contribution in [0.3, 0.4) is 0 Å². The van der Waals surface area contributed by atoms with Gasteiger partial charge in [0.15, 0.2) is 0 Å². The average molecular weight is 652 g/mol. The fourth-order valence-corrected chi connectivity index (χ4v) is 6.40. The molecule has 8 heteroatoms. The number of carboxylic acids is 2. The first-order valence-electron chi connectivity index (χ1n) is 14.7. The van der Waals surface area contributed by atoms with Crippen LogP contribution >= 0.6 is 23.2 Å². The lowest BCUT2D eigenvalue weighted by Gasteiger charge is -2.23. The van der Waals surface area contributed by atoms with Crippen LogP contribution in [-0.4, -0.2) is 35.4 Å². The molecule has 0 radical (unpaired) electrons. The van der Waals surface area contributed by atoms with Crippen LogP contribution < -0.4 is 9.47 Å². The molecule has 6 aromatic carbocycles. The topological polar surface area (TPSA) is 93.1 Å². The predicted octanol–water partition coefficient (Wildman–Crippen LogP) is 10.5. The molecule has 46 heavy (non-hydrogen) atoms. The highest BCUT2D eigenvalue weighted by molar-refractivity contribution is 6.33. The Morgan fingerprint density at radius 2 is 0.935 bits per heavy atom. The van der Waals surface area contributed by atoms with Crippen LogP contribution in [0.4, 0.5) is 0 Å². The fraction of sp³-hybridized carbons (Fsp3) is 0.105. The van der Waals surface area contributed by atoms with Crippen LogP contribution in [0.15, 0.2) is 97.1 Å². The van der Waals surface area contributed by atoms with E-state index < -0.39 is 11.9 Å². The summed E-state index contributed by atoms with van der Waals surface area (Å²) >= 11 is 13.1. The van der Waals surface area contributed by atoms with Gasteiger partial charge in [-0.2, -0.15) is 0 Å². The number of carboxylic acid groups (broad SMARTS) is 2. The van der Waals surface area contributed by atoms with Crippen LogP contribution in [0, 0.1) is 0 Å². The van der Waals surface area contributed by atoms with Gasteiger partial charge in [-0.3, -0.25) is 0 Å². The Labute approximate surface area is 275 Å². The van der Waals surface area contributed by atoms with E-state index in [1.54, 1.807) is 60.7 Å². The maximum atomic E-state index is 12.3. The maximum absolute atomic E-state index is 12.3. The standard InChI is InChI=1S/C38H28Cl2O6/c1-3-45-33-19-31(23-9-5-7-11-27(23)37(41)42)29-17-21(39)13-15-25(29)35(33)36-26-16-14-22(40)18-30(26)32(20-34(36)46-4-2)24-10-6-8-12-28(24)38(43)44/h5-20H,3-4H2,1-2H3,(H,41,42)(H,43,44). The Bertz CT molecular complexity index is 2020. The number of ether oxygens (including phenoxy) is 2. The molecule has 6 nitrogen and oxygen atoms in total. The van der Waals surface area contributed by atoms with Crippen molar-refractivity contribution in [1.29, 1.82) is 0 Å². The van der Waals surface area contributed by atoms with Crippen molar-refractivity contribution < 1.29 is 29.3 Å². The van der Waals surface area contributed by atoms with Crippen molar-refractivity contribution >= 4 is 56.7 Å². The lowest BCUT2D eigenvalue weighted by Crippen LogP contribution is -2.03. The van der Waals surface area contributed by atoms with Crippen molar-refractivity contribution in [2.24, 2.45) is 0 Å². The number of fused-ring (bicyclic) bond motifs is 2. The molecular weight excluding hydrogens is 623 g/mol.